The molecule has 0 spiro atoms. The third-order valence-corrected chi connectivity index (χ3v) is 2.60. The summed E-state index contributed by atoms with van der Waals surface area (Å²) in [6.45, 7) is 4.35. The van der Waals surface area contributed by atoms with Gasteiger partial charge in [0, 0.05) is 12.6 Å². The first kappa shape index (κ1) is 18.6. The lowest BCUT2D eigenvalue weighted by Crippen LogP contribution is -2.39. The van der Waals surface area contributed by atoms with Gasteiger partial charge in [0.1, 0.15) is 5.75 Å². The highest BCUT2D eigenvalue weighted by atomic mass is 35.5. The van der Waals surface area contributed by atoms with E-state index in [1.54, 1.807) is 0 Å². The van der Waals surface area contributed by atoms with Gasteiger partial charge in [-0.3, -0.25) is 4.79 Å². The Labute approximate surface area is 123 Å². The summed E-state index contributed by atoms with van der Waals surface area (Å²) in [6, 6.07) is 3.12. The fourth-order valence-electron chi connectivity index (χ4n) is 1.31. The smallest absolute Gasteiger partial charge is 0.260 e. The van der Waals surface area contributed by atoms with E-state index in [1.807, 2.05) is 6.92 Å². The Kier molecular flexibility index (Phi) is 8.10. The molecule has 20 heavy (non-hydrogen) atoms. The van der Waals surface area contributed by atoms with E-state index in [0.29, 0.717) is 13.1 Å². The van der Waals surface area contributed by atoms with E-state index in [2.05, 4.69) is 5.32 Å². The molecule has 2 unspecified atom stereocenters. The monoisotopic (exact) mass is 308 g/mol. The molecule has 3 N–H and O–H groups in total. The second kappa shape index (κ2) is 8.71. The molecule has 0 saturated heterocycles. The molecule has 7 heteroatoms. The van der Waals surface area contributed by atoms with Gasteiger partial charge < -0.3 is 15.8 Å². The fourth-order valence-corrected chi connectivity index (χ4v) is 1.31. The van der Waals surface area contributed by atoms with Crippen molar-refractivity contribution in [2.75, 3.05) is 13.1 Å². The van der Waals surface area contributed by atoms with Crippen LogP contribution in [0.15, 0.2) is 18.2 Å². The third kappa shape index (κ3) is 5.71. The summed E-state index contributed by atoms with van der Waals surface area (Å²) in [6.07, 6.45) is -0.796. The Balaban J connectivity index is 0.00000361. The first-order valence-electron chi connectivity index (χ1n) is 6.03. The van der Waals surface area contributed by atoms with Gasteiger partial charge in [-0.05, 0) is 31.5 Å². The van der Waals surface area contributed by atoms with Crippen LogP contribution in [0.2, 0.25) is 0 Å². The van der Waals surface area contributed by atoms with Gasteiger partial charge in [0.15, 0.2) is 17.7 Å². The van der Waals surface area contributed by atoms with Crippen molar-refractivity contribution in [2.45, 2.75) is 20.0 Å². The number of nitrogens with one attached hydrogen (secondary N) is 1. The molecule has 0 heterocycles. The number of hydrogen-bond acceptors (Lipinski definition) is 3. The van der Waals surface area contributed by atoms with Crippen molar-refractivity contribution in [1.82, 2.24) is 5.32 Å². The zero-order chi connectivity index (χ0) is 14.4. The average molecular weight is 309 g/mol. The van der Waals surface area contributed by atoms with Gasteiger partial charge in [-0.25, -0.2) is 8.78 Å². The van der Waals surface area contributed by atoms with Crippen molar-refractivity contribution < 1.29 is 18.3 Å². The van der Waals surface area contributed by atoms with Crippen LogP contribution in [0, 0.1) is 17.6 Å². The lowest BCUT2D eigenvalue weighted by molar-refractivity contribution is -0.127. The summed E-state index contributed by atoms with van der Waals surface area (Å²) in [5, 5.41) is 2.67. The van der Waals surface area contributed by atoms with E-state index in [0.717, 1.165) is 12.1 Å². The molecule has 114 valence electrons. The molecule has 0 radical (unpaired) electrons. The second-order valence-corrected chi connectivity index (χ2v) is 4.42. The van der Waals surface area contributed by atoms with Crippen molar-refractivity contribution in [3.63, 3.8) is 0 Å². The lowest BCUT2D eigenvalue weighted by atomic mass is 10.2. The predicted molar refractivity (Wildman–Crippen MR) is 74.9 cm³/mol. The SMILES string of the molecule is CC(CN)CNC(=O)C(C)Oc1ccc(F)c(F)c1.Cl. The predicted octanol–water partition coefficient (Wildman–Crippen LogP) is 1.86. The normalized spacial score (nSPS) is 13.1. The quantitative estimate of drug-likeness (QED) is 0.843. The minimum absolute atomic E-state index is 0. The van der Waals surface area contributed by atoms with Crippen LogP contribution in [0.4, 0.5) is 8.78 Å². The highest BCUT2D eigenvalue weighted by Gasteiger charge is 2.15. The first-order chi connectivity index (χ1) is 8.93. The largest absolute Gasteiger partial charge is 0.481 e. The third-order valence-electron chi connectivity index (χ3n) is 2.60. The van der Waals surface area contributed by atoms with E-state index >= 15 is 0 Å². The van der Waals surface area contributed by atoms with Crippen molar-refractivity contribution >= 4 is 18.3 Å². The van der Waals surface area contributed by atoms with Gasteiger partial charge in [0.25, 0.3) is 5.91 Å². The molecule has 0 saturated carbocycles. The summed E-state index contributed by atoms with van der Waals surface area (Å²) >= 11 is 0. The number of amides is 1. The number of benzene rings is 1. The van der Waals surface area contributed by atoms with Crippen molar-refractivity contribution in [1.29, 1.82) is 0 Å². The van der Waals surface area contributed by atoms with Gasteiger partial charge in [-0.1, -0.05) is 6.92 Å². The maximum atomic E-state index is 13.0. The molecular formula is C13H19ClF2N2O2. The van der Waals surface area contributed by atoms with E-state index in [4.69, 9.17) is 10.5 Å². The molecule has 2 atom stereocenters. The van der Waals surface area contributed by atoms with Crippen LogP contribution in [0.25, 0.3) is 0 Å². The molecular weight excluding hydrogens is 290 g/mol. The molecule has 1 aromatic carbocycles. The van der Waals surface area contributed by atoms with Gasteiger partial charge in [-0.2, -0.15) is 0 Å². The Morgan fingerprint density at radius 2 is 2.00 bits per heavy atom. The molecule has 0 aromatic heterocycles. The number of carbonyl (C=O) groups excluding carboxylic acids is 1. The Bertz CT molecular complexity index is 446. The minimum Gasteiger partial charge on any atom is -0.481 e. The van der Waals surface area contributed by atoms with Crippen LogP contribution in [-0.2, 0) is 4.79 Å². The van der Waals surface area contributed by atoms with Gasteiger partial charge in [0.2, 0.25) is 0 Å². The van der Waals surface area contributed by atoms with Gasteiger partial charge in [0.05, 0.1) is 0 Å². The molecule has 1 amide bonds. The first-order valence-corrected chi connectivity index (χ1v) is 6.03. The molecule has 4 nitrogen and oxygen atoms in total. The fraction of sp³-hybridized carbons (Fsp3) is 0.462. The van der Waals surface area contributed by atoms with Crippen LogP contribution in [0.5, 0.6) is 5.75 Å². The van der Waals surface area contributed by atoms with Crippen LogP contribution < -0.4 is 15.8 Å². The number of halogens is 3. The summed E-state index contributed by atoms with van der Waals surface area (Å²) in [4.78, 5) is 11.7. The average Bonchev–Trinajstić information content (AvgIpc) is 2.39. The summed E-state index contributed by atoms with van der Waals surface area (Å²) in [5.74, 6) is -2.03. The zero-order valence-electron chi connectivity index (χ0n) is 11.4. The molecule has 0 aliphatic heterocycles. The van der Waals surface area contributed by atoms with Gasteiger partial charge in [-0.15, -0.1) is 12.4 Å². The summed E-state index contributed by atoms with van der Waals surface area (Å²) in [5.41, 5.74) is 5.43. The van der Waals surface area contributed by atoms with E-state index in [-0.39, 0.29) is 30.0 Å². The molecule has 0 bridgehead atoms. The van der Waals surface area contributed by atoms with Crippen LogP contribution >= 0.6 is 12.4 Å². The molecule has 0 fully saturated rings. The van der Waals surface area contributed by atoms with E-state index in [9.17, 15) is 13.6 Å². The van der Waals surface area contributed by atoms with Crippen molar-refractivity contribution in [3.8, 4) is 5.75 Å². The Hall–Kier alpha value is -1.40. The maximum Gasteiger partial charge on any atom is 0.260 e. The highest BCUT2D eigenvalue weighted by molar-refractivity contribution is 5.85. The number of rotatable bonds is 6. The number of carbonyl (C=O) groups is 1. The Morgan fingerprint density at radius 3 is 2.55 bits per heavy atom. The van der Waals surface area contributed by atoms with Crippen molar-refractivity contribution in [2.24, 2.45) is 11.7 Å². The topological polar surface area (TPSA) is 64.3 Å². The number of hydrogen-bond donors (Lipinski definition) is 2. The van der Waals surface area contributed by atoms with E-state index < -0.39 is 17.7 Å². The van der Waals surface area contributed by atoms with Crippen LogP contribution in [0.3, 0.4) is 0 Å². The molecule has 0 aliphatic carbocycles. The van der Waals surface area contributed by atoms with Crippen LogP contribution in [0.1, 0.15) is 13.8 Å². The van der Waals surface area contributed by atoms with Gasteiger partial charge >= 0.3 is 0 Å². The standard InChI is InChI=1S/C13H18F2N2O2.ClH/c1-8(6-16)7-17-13(18)9(2)19-10-3-4-11(14)12(15)5-10;/h3-5,8-9H,6-7,16H2,1-2H3,(H,17,18);1H. The molecule has 0 aliphatic rings. The molecule has 1 aromatic rings. The maximum absolute atomic E-state index is 13.0. The second-order valence-electron chi connectivity index (χ2n) is 4.42. The molecule has 1 rings (SSSR count). The van der Waals surface area contributed by atoms with E-state index in [1.165, 1.54) is 13.0 Å². The lowest BCUT2D eigenvalue weighted by Gasteiger charge is -2.16. The number of nitrogens with two attached hydrogens (primary N) is 1. The van der Waals surface area contributed by atoms with Crippen LogP contribution in [-0.4, -0.2) is 25.1 Å². The Morgan fingerprint density at radius 1 is 1.35 bits per heavy atom. The minimum atomic E-state index is -1.01. The summed E-state index contributed by atoms with van der Waals surface area (Å²) in [7, 11) is 0. The number of ether oxygens (including phenoxy) is 1. The highest BCUT2D eigenvalue weighted by Crippen LogP contribution is 2.16. The summed E-state index contributed by atoms with van der Waals surface area (Å²) < 4.78 is 30.9. The van der Waals surface area contributed by atoms with Crippen molar-refractivity contribution in [3.05, 3.63) is 29.8 Å². The zero-order valence-corrected chi connectivity index (χ0v) is 12.2.